The molecule has 0 N–H and O–H groups in total. The maximum Gasteiger partial charge on any atom is 0.232 e. The van der Waals surface area contributed by atoms with Crippen molar-refractivity contribution in [2.75, 3.05) is 18.8 Å². The van der Waals surface area contributed by atoms with Crippen LogP contribution < -0.4 is 4.74 Å². The number of aryl methyl sites for hydroxylation is 1. The van der Waals surface area contributed by atoms with Gasteiger partial charge in [-0.05, 0) is 25.3 Å². The number of carbonyl (C=O) groups is 1. The van der Waals surface area contributed by atoms with Crippen molar-refractivity contribution in [3.8, 4) is 5.88 Å². The van der Waals surface area contributed by atoms with Gasteiger partial charge in [-0.25, -0.2) is 4.98 Å². The van der Waals surface area contributed by atoms with Crippen LogP contribution in [0.5, 0.6) is 5.88 Å². The topological polar surface area (TPSA) is 42.4 Å². The van der Waals surface area contributed by atoms with Crippen LogP contribution in [0.4, 0.5) is 0 Å². The van der Waals surface area contributed by atoms with Gasteiger partial charge in [-0.2, -0.15) is 0 Å². The van der Waals surface area contributed by atoms with Gasteiger partial charge in [0.2, 0.25) is 11.8 Å². The fourth-order valence-electron chi connectivity index (χ4n) is 3.08. The average Bonchev–Trinajstić information content (AvgIpc) is 3.19. The van der Waals surface area contributed by atoms with Crippen LogP contribution in [-0.4, -0.2) is 46.0 Å². The first-order valence-corrected chi connectivity index (χ1v) is 9.24. The summed E-state index contributed by atoms with van der Waals surface area (Å²) in [7, 11) is 0. The molecule has 1 aliphatic carbocycles. The molecule has 22 heavy (non-hydrogen) atoms. The summed E-state index contributed by atoms with van der Waals surface area (Å²) in [6, 6.07) is 3.90. The maximum absolute atomic E-state index is 12.3. The van der Waals surface area contributed by atoms with Gasteiger partial charge >= 0.3 is 0 Å². The van der Waals surface area contributed by atoms with E-state index >= 15 is 0 Å². The van der Waals surface area contributed by atoms with Crippen LogP contribution in [0.1, 0.15) is 37.7 Å². The van der Waals surface area contributed by atoms with Gasteiger partial charge in [0.15, 0.2) is 0 Å². The van der Waals surface area contributed by atoms with Crippen molar-refractivity contribution in [2.24, 2.45) is 0 Å². The highest BCUT2D eigenvalue weighted by atomic mass is 32.2. The molecule has 5 heteroatoms. The van der Waals surface area contributed by atoms with E-state index in [9.17, 15) is 4.79 Å². The molecule has 0 bridgehead atoms. The summed E-state index contributed by atoms with van der Waals surface area (Å²) in [5.74, 6) is 1.55. The van der Waals surface area contributed by atoms with Gasteiger partial charge in [0, 0.05) is 30.5 Å². The van der Waals surface area contributed by atoms with Crippen molar-refractivity contribution < 1.29 is 9.53 Å². The average molecular weight is 320 g/mol. The fraction of sp³-hybridized carbons (Fsp3) is 0.647. The minimum atomic E-state index is 0.0793. The van der Waals surface area contributed by atoms with Gasteiger partial charge in [0.25, 0.3) is 0 Å². The predicted octanol–water partition coefficient (Wildman–Crippen LogP) is 3.05. The zero-order valence-corrected chi connectivity index (χ0v) is 14.0. The number of amides is 1. The second-order valence-corrected chi connectivity index (χ2v) is 7.55. The van der Waals surface area contributed by atoms with Crippen molar-refractivity contribution in [1.82, 2.24) is 9.88 Å². The van der Waals surface area contributed by atoms with Crippen LogP contribution in [0.25, 0.3) is 0 Å². The lowest BCUT2D eigenvalue weighted by molar-refractivity contribution is -0.127. The second-order valence-electron chi connectivity index (χ2n) is 6.26. The molecule has 2 heterocycles. The van der Waals surface area contributed by atoms with Crippen molar-refractivity contribution >= 4 is 17.7 Å². The lowest BCUT2D eigenvalue weighted by atomic mass is 10.3. The summed E-state index contributed by atoms with van der Waals surface area (Å²) in [4.78, 5) is 18.5. The van der Waals surface area contributed by atoms with Gasteiger partial charge in [0.05, 0.1) is 12.3 Å². The molecule has 1 saturated carbocycles. The van der Waals surface area contributed by atoms with Gasteiger partial charge in [-0.15, -0.1) is 11.8 Å². The molecule has 1 aromatic rings. The molecule has 1 aromatic heterocycles. The van der Waals surface area contributed by atoms with Gasteiger partial charge in [-0.1, -0.05) is 18.9 Å². The molecule has 0 aromatic carbocycles. The van der Waals surface area contributed by atoms with Gasteiger partial charge in [0.1, 0.15) is 6.10 Å². The summed E-state index contributed by atoms with van der Waals surface area (Å²) in [5.41, 5.74) is 1.12. The standard InChI is InChI=1S/C17H24N2O2S/c1-13-6-7-16(18-10-13)21-14-8-9-19(11-14)17(20)12-22-15-4-2-3-5-15/h6-7,10,14-15H,2-5,8-9,11-12H2,1H3/t14-/m0/s1. The van der Waals surface area contributed by atoms with Crippen molar-refractivity contribution in [2.45, 2.75) is 50.4 Å². The molecule has 1 amide bonds. The van der Waals surface area contributed by atoms with Crippen LogP contribution >= 0.6 is 11.8 Å². The summed E-state index contributed by atoms with van der Waals surface area (Å²) in [6.07, 6.45) is 8.01. The molecule has 1 aliphatic heterocycles. The van der Waals surface area contributed by atoms with E-state index in [0.717, 1.165) is 18.5 Å². The molecular formula is C17H24N2O2S. The van der Waals surface area contributed by atoms with Crippen molar-refractivity contribution in [1.29, 1.82) is 0 Å². The molecule has 3 rings (SSSR count). The number of rotatable bonds is 5. The molecule has 2 fully saturated rings. The SMILES string of the molecule is Cc1ccc(O[C@H]2CCN(C(=O)CSC3CCCC3)C2)nc1. The normalized spacial score (nSPS) is 22.2. The monoisotopic (exact) mass is 320 g/mol. The number of aromatic nitrogens is 1. The number of ether oxygens (including phenoxy) is 1. The smallest absolute Gasteiger partial charge is 0.232 e. The van der Waals surface area contributed by atoms with E-state index in [1.807, 2.05) is 41.9 Å². The summed E-state index contributed by atoms with van der Waals surface area (Å²) in [5, 5.41) is 0.704. The Hall–Kier alpha value is -1.23. The Bertz CT molecular complexity index is 500. The first-order valence-electron chi connectivity index (χ1n) is 8.19. The van der Waals surface area contributed by atoms with E-state index in [2.05, 4.69) is 4.98 Å². The fourth-order valence-corrected chi connectivity index (χ4v) is 4.31. The van der Waals surface area contributed by atoms with E-state index in [0.29, 0.717) is 23.4 Å². The number of hydrogen-bond donors (Lipinski definition) is 0. The van der Waals surface area contributed by atoms with E-state index in [1.165, 1.54) is 25.7 Å². The summed E-state index contributed by atoms with van der Waals surface area (Å²) < 4.78 is 5.88. The third-order valence-electron chi connectivity index (χ3n) is 4.41. The molecule has 1 atom stereocenters. The third-order valence-corrected chi connectivity index (χ3v) is 5.77. The third kappa shape index (κ3) is 4.15. The minimum absolute atomic E-state index is 0.0793. The minimum Gasteiger partial charge on any atom is -0.472 e. The molecule has 0 unspecified atom stereocenters. The van der Waals surface area contributed by atoms with Crippen LogP contribution in [-0.2, 0) is 4.79 Å². The Balaban J connectivity index is 1.42. The highest BCUT2D eigenvalue weighted by Crippen LogP contribution is 2.29. The number of likely N-dealkylation sites (tertiary alicyclic amines) is 1. The number of hydrogen-bond acceptors (Lipinski definition) is 4. The van der Waals surface area contributed by atoms with E-state index in [1.54, 1.807) is 0 Å². The molecule has 4 nitrogen and oxygen atoms in total. The zero-order chi connectivity index (χ0) is 15.4. The Morgan fingerprint density at radius 1 is 1.36 bits per heavy atom. The van der Waals surface area contributed by atoms with Crippen LogP contribution in [0.2, 0.25) is 0 Å². The largest absolute Gasteiger partial charge is 0.472 e. The summed E-state index contributed by atoms with van der Waals surface area (Å²) >= 11 is 1.84. The maximum atomic E-state index is 12.3. The number of carbonyl (C=O) groups excluding carboxylic acids is 1. The predicted molar refractivity (Wildman–Crippen MR) is 89.3 cm³/mol. The number of nitrogens with zero attached hydrogens (tertiary/aromatic N) is 2. The van der Waals surface area contributed by atoms with Gasteiger partial charge < -0.3 is 9.64 Å². The lowest BCUT2D eigenvalue weighted by Gasteiger charge is -2.18. The quantitative estimate of drug-likeness (QED) is 0.836. The zero-order valence-electron chi connectivity index (χ0n) is 13.2. The van der Waals surface area contributed by atoms with E-state index in [-0.39, 0.29) is 12.0 Å². The van der Waals surface area contributed by atoms with E-state index < -0.39 is 0 Å². The molecule has 0 radical (unpaired) electrons. The first-order chi connectivity index (χ1) is 10.7. The van der Waals surface area contributed by atoms with Crippen LogP contribution in [0.3, 0.4) is 0 Å². The number of thioether (sulfide) groups is 1. The Kier molecular flexibility index (Phi) is 5.24. The molecular weight excluding hydrogens is 296 g/mol. The highest BCUT2D eigenvalue weighted by molar-refractivity contribution is 8.00. The van der Waals surface area contributed by atoms with E-state index in [4.69, 9.17) is 4.74 Å². The van der Waals surface area contributed by atoms with Crippen LogP contribution in [0.15, 0.2) is 18.3 Å². The van der Waals surface area contributed by atoms with Crippen LogP contribution in [0, 0.1) is 6.92 Å². The molecule has 120 valence electrons. The Morgan fingerprint density at radius 2 is 2.18 bits per heavy atom. The first kappa shape index (κ1) is 15.7. The second kappa shape index (κ2) is 7.36. The molecule has 2 aliphatic rings. The number of pyridine rings is 1. The van der Waals surface area contributed by atoms with Crippen molar-refractivity contribution in [3.05, 3.63) is 23.9 Å². The Morgan fingerprint density at radius 3 is 2.91 bits per heavy atom. The van der Waals surface area contributed by atoms with Gasteiger partial charge in [-0.3, -0.25) is 4.79 Å². The highest BCUT2D eigenvalue weighted by Gasteiger charge is 2.28. The van der Waals surface area contributed by atoms with Crippen molar-refractivity contribution in [3.63, 3.8) is 0 Å². The molecule has 1 saturated heterocycles. The lowest BCUT2D eigenvalue weighted by Crippen LogP contribution is -2.32. The molecule has 0 spiro atoms. The Labute approximate surface area is 136 Å². The summed E-state index contributed by atoms with van der Waals surface area (Å²) in [6.45, 7) is 3.51.